The SMILES string of the molecule is CC/C(=C\C=C(C)C)C(=O)Oc1ccc(C#N)c(F)c1. The molecule has 0 amide bonds. The minimum absolute atomic E-state index is 0.0828. The van der Waals surface area contributed by atoms with E-state index in [4.69, 9.17) is 10.00 Å². The number of hydrogen-bond donors (Lipinski definition) is 0. The average molecular weight is 273 g/mol. The highest BCUT2D eigenvalue weighted by atomic mass is 19.1. The number of allylic oxidation sites excluding steroid dienone is 3. The first-order valence-corrected chi connectivity index (χ1v) is 6.23. The van der Waals surface area contributed by atoms with Crippen molar-refractivity contribution in [3.8, 4) is 11.8 Å². The molecule has 0 aliphatic carbocycles. The first kappa shape index (κ1) is 15.6. The number of benzene rings is 1. The van der Waals surface area contributed by atoms with Crippen LogP contribution in [0.25, 0.3) is 0 Å². The molecule has 0 spiro atoms. The van der Waals surface area contributed by atoms with E-state index in [9.17, 15) is 9.18 Å². The van der Waals surface area contributed by atoms with Crippen LogP contribution in [0.3, 0.4) is 0 Å². The van der Waals surface area contributed by atoms with Gasteiger partial charge in [-0.1, -0.05) is 24.6 Å². The molecule has 0 saturated heterocycles. The molecule has 0 fully saturated rings. The van der Waals surface area contributed by atoms with Crippen LogP contribution in [0.4, 0.5) is 4.39 Å². The van der Waals surface area contributed by atoms with E-state index < -0.39 is 11.8 Å². The van der Waals surface area contributed by atoms with Gasteiger partial charge in [-0.3, -0.25) is 0 Å². The molecular formula is C16H16FNO2. The number of nitriles is 1. The number of rotatable bonds is 4. The highest BCUT2D eigenvalue weighted by molar-refractivity contribution is 5.90. The van der Waals surface area contributed by atoms with E-state index in [1.54, 1.807) is 12.1 Å². The summed E-state index contributed by atoms with van der Waals surface area (Å²) in [6.45, 7) is 5.68. The summed E-state index contributed by atoms with van der Waals surface area (Å²) in [7, 11) is 0. The summed E-state index contributed by atoms with van der Waals surface area (Å²) in [5.41, 5.74) is 1.48. The van der Waals surface area contributed by atoms with Gasteiger partial charge in [0.25, 0.3) is 0 Å². The maximum atomic E-state index is 13.4. The molecule has 0 unspecified atom stereocenters. The van der Waals surface area contributed by atoms with Crippen LogP contribution >= 0.6 is 0 Å². The van der Waals surface area contributed by atoms with Crippen molar-refractivity contribution < 1.29 is 13.9 Å². The molecule has 0 radical (unpaired) electrons. The highest BCUT2D eigenvalue weighted by Crippen LogP contribution is 2.18. The van der Waals surface area contributed by atoms with Gasteiger partial charge >= 0.3 is 5.97 Å². The summed E-state index contributed by atoms with van der Waals surface area (Å²) in [6, 6.07) is 5.42. The Morgan fingerprint density at radius 3 is 2.60 bits per heavy atom. The van der Waals surface area contributed by atoms with Gasteiger partial charge in [0.05, 0.1) is 5.56 Å². The van der Waals surface area contributed by atoms with Gasteiger partial charge < -0.3 is 4.74 Å². The first-order valence-electron chi connectivity index (χ1n) is 6.23. The minimum Gasteiger partial charge on any atom is -0.423 e. The number of carbonyl (C=O) groups excluding carboxylic acids is 1. The third-order valence-electron chi connectivity index (χ3n) is 2.53. The molecule has 0 aliphatic rings. The van der Waals surface area contributed by atoms with E-state index >= 15 is 0 Å². The Balaban J connectivity index is 2.90. The van der Waals surface area contributed by atoms with Crippen molar-refractivity contribution in [2.45, 2.75) is 27.2 Å². The standard InChI is InChI=1S/C16H16FNO2/c1-4-12(6-5-11(2)3)16(19)20-14-8-7-13(10-18)15(17)9-14/h5-9H,4H2,1-3H3/b12-6+. The predicted molar refractivity (Wildman–Crippen MR) is 74.6 cm³/mol. The lowest BCUT2D eigenvalue weighted by atomic mass is 10.1. The summed E-state index contributed by atoms with van der Waals surface area (Å²) in [4.78, 5) is 11.9. The lowest BCUT2D eigenvalue weighted by Gasteiger charge is -2.06. The monoisotopic (exact) mass is 273 g/mol. The van der Waals surface area contributed by atoms with Crippen molar-refractivity contribution in [2.75, 3.05) is 0 Å². The van der Waals surface area contributed by atoms with Crippen LogP contribution in [0.2, 0.25) is 0 Å². The summed E-state index contributed by atoms with van der Waals surface area (Å²) < 4.78 is 18.5. The van der Waals surface area contributed by atoms with E-state index in [1.165, 1.54) is 12.1 Å². The van der Waals surface area contributed by atoms with Crippen LogP contribution in [0.15, 0.2) is 41.5 Å². The number of carbonyl (C=O) groups is 1. The molecule has 0 aliphatic heterocycles. The molecule has 104 valence electrons. The largest absolute Gasteiger partial charge is 0.423 e. The predicted octanol–water partition coefficient (Wildman–Crippen LogP) is 3.91. The molecule has 0 atom stereocenters. The van der Waals surface area contributed by atoms with Crippen LogP contribution in [0, 0.1) is 17.1 Å². The van der Waals surface area contributed by atoms with Crippen molar-refractivity contribution in [3.05, 3.63) is 52.9 Å². The zero-order valence-electron chi connectivity index (χ0n) is 11.7. The lowest BCUT2D eigenvalue weighted by molar-refractivity contribution is -0.130. The third-order valence-corrected chi connectivity index (χ3v) is 2.53. The van der Waals surface area contributed by atoms with E-state index in [0.29, 0.717) is 12.0 Å². The molecule has 0 aromatic heterocycles. The fourth-order valence-electron chi connectivity index (χ4n) is 1.42. The third kappa shape index (κ3) is 4.36. The summed E-state index contributed by atoms with van der Waals surface area (Å²) >= 11 is 0. The Labute approximate surface area is 118 Å². The van der Waals surface area contributed by atoms with E-state index in [1.807, 2.05) is 26.8 Å². The highest BCUT2D eigenvalue weighted by Gasteiger charge is 2.11. The summed E-state index contributed by atoms with van der Waals surface area (Å²) in [5, 5.41) is 8.63. The Kier molecular flexibility index (Phi) is 5.67. The van der Waals surface area contributed by atoms with Gasteiger partial charge in [0.1, 0.15) is 17.6 Å². The van der Waals surface area contributed by atoms with Gasteiger partial charge in [-0.25, -0.2) is 9.18 Å². The van der Waals surface area contributed by atoms with Crippen molar-refractivity contribution in [1.29, 1.82) is 5.26 Å². The van der Waals surface area contributed by atoms with E-state index in [0.717, 1.165) is 11.6 Å². The van der Waals surface area contributed by atoms with Gasteiger partial charge in [-0.15, -0.1) is 0 Å². The molecule has 20 heavy (non-hydrogen) atoms. The number of ether oxygens (including phenoxy) is 1. The smallest absolute Gasteiger partial charge is 0.339 e. The molecule has 1 aromatic carbocycles. The normalized spacial score (nSPS) is 10.7. The van der Waals surface area contributed by atoms with Gasteiger partial charge in [0.2, 0.25) is 0 Å². The Morgan fingerprint density at radius 2 is 2.10 bits per heavy atom. The van der Waals surface area contributed by atoms with Crippen molar-refractivity contribution in [1.82, 2.24) is 0 Å². The molecule has 0 heterocycles. The van der Waals surface area contributed by atoms with Gasteiger partial charge in [-0.05, 0) is 32.4 Å². The summed E-state index contributed by atoms with van der Waals surface area (Å²) in [6.07, 6.45) is 4.03. The van der Waals surface area contributed by atoms with Crippen LogP contribution in [0.5, 0.6) is 5.75 Å². The zero-order valence-corrected chi connectivity index (χ0v) is 11.7. The average Bonchev–Trinajstić information content (AvgIpc) is 2.39. The minimum atomic E-state index is -0.705. The molecular weight excluding hydrogens is 257 g/mol. The summed E-state index contributed by atoms with van der Waals surface area (Å²) in [5.74, 6) is -1.14. The first-order chi connectivity index (χ1) is 9.47. The van der Waals surface area contributed by atoms with Crippen LogP contribution in [0.1, 0.15) is 32.8 Å². The Bertz CT molecular complexity index is 605. The quantitative estimate of drug-likeness (QED) is 0.362. The van der Waals surface area contributed by atoms with Gasteiger partial charge in [0, 0.05) is 11.6 Å². The second kappa shape index (κ2) is 7.25. The van der Waals surface area contributed by atoms with E-state index in [-0.39, 0.29) is 11.3 Å². The second-order valence-electron chi connectivity index (χ2n) is 4.43. The number of esters is 1. The van der Waals surface area contributed by atoms with Crippen LogP contribution in [-0.2, 0) is 4.79 Å². The number of halogens is 1. The van der Waals surface area contributed by atoms with Crippen LogP contribution in [-0.4, -0.2) is 5.97 Å². The van der Waals surface area contributed by atoms with E-state index in [2.05, 4.69) is 0 Å². The molecule has 3 nitrogen and oxygen atoms in total. The van der Waals surface area contributed by atoms with Gasteiger partial charge in [-0.2, -0.15) is 5.26 Å². The number of hydrogen-bond acceptors (Lipinski definition) is 3. The topological polar surface area (TPSA) is 50.1 Å². The Hall–Kier alpha value is -2.41. The molecule has 4 heteroatoms. The molecule has 1 rings (SSSR count). The fourth-order valence-corrected chi connectivity index (χ4v) is 1.42. The second-order valence-corrected chi connectivity index (χ2v) is 4.43. The zero-order chi connectivity index (χ0) is 15.1. The molecule has 0 saturated carbocycles. The molecule has 0 N–H and O–H groups in total. The molecule has 0 bridgehead atoms. The van der Waals surface area contributed by atoms with Crippen molar-refractivity contribution in [2.24, 2.45) is 0 Å². The van der Waals surface area contributed by atoms with Crippen molar-refractivity contribution >= 4 is 5.97 Å². The fraction of sp³-hybridized carbons (Fsp3) is 0.250. The van der Waals surface area contributed by atoms with Gasteiger partial charge in [0.15, 0.2) is 0 Å². The number of nitrogens with zero attached hydrogens (tertiary/aromatic N) is 1. The van der Waals surface area contributed by atoms with Crippen molar-refractivity contribution in [3.63, 3.8) is 0 Å². The maximum Gasteiger partial charge on any atom is 0.339 e. The Morgan fingerprint density at radius 1 is 1.40 bits per heavy atom. The lowest BCUT2D eigenvalue weighted by Crippen LogP contribution is -2.11. The molecule has 1 aromatic rings. The van der Waals surface area contributed by atoms with Crippen LogP contribution < -0.4 is 4.74 Å². The maximum absolute atomic E-state index is 13.4.